The van der Waals surface area contributed by atoms with Crippen LogP contribution in [0.15, 0.2) is 58.3 Å². The van der Waals surface area contributed by atoms with Gasteiger partial charge in [0.2, 0.25) is 0 Å². The van der Waals surface area contributed by atoms with E-state index in [1.807, 2.05) is 0 Å². The summed E-state index contributed by atoms with van der Waals surface area (Å²) in [4.78, 5) is -0.592. The summed E-state index contributed by atoms with van der Waals surface area (Å²) in [6.07, 6.45) is 2.68. The first-order valence-electron chi connectivity index (χ1n) is 6.91. The topological polar surface area (TPSA) is 156 Å². The van der Waals surface area contributed by atoms with Crippen molar-refractivity contribution in [1.29, 1.82) is 10.8 Å². The second-order valence-corrected chi connectivity index (χ2v) is 7.75. The Balaban J connectivity index is 0.00000108. The van der Waals surface area contributed by atoms with Gasteiger partial charge in [0.25, 0.3) is 20.2 Å². The largest absolute Gasteiger partial charge is 0.295 e. The average molecular weight is 459 g/mol. The molecule has 0 aliphatic rings. The van der Waals surface area contributed by atoms with Gasteiger partial charge in [-0.1, -0.05) is 48.6 Å². The first-order chi connectivity index (χ1) is 13.0. The molecule has 0 unspecified atom stereocenters. The third kappa shape index (κ3) is 9.00. The number of hydrogen-bond acceptors (Lipinski definition) is 8. The quantitative estimate of drug-likeness (QED) is 0.234. The van der Waals surface area contributed by atoms with Crippen molar-refractivity contribution in [2.45, 2.75) is 9.79 Å². The number of benzene rings is 2. The van der Waals surface area contributed by atoms with Crippen molar-refractivity contribution in [3.05, 3.63) is 59.7 Å². The van der Waals surface area contributed by atoms with Crippen molar-refractivity contribution in [2.24, 2.45) is 0 Å². The normalized spacial score (nSPS) is 10.5. The van der Waals surface area contributed by atoms with Gasteiger partial charge in [-0.15, -0.1) is 0 Å². The summed E-state index contributed by atoms with van der Waals surface area (Å²) in [5.41, 5.74) is 0.380. The van der Waals surface area contributed by atoms with Crippen molar-refractivity contribution >= 4 is 67.1 Å². The number of nitrogens with one attached hydrogen (secondary N) is 2. The highest BCUT2D eigenvalue weighted by atomic mass is 32.2. The van der Waals surface area contributed by atoms with Gasteiger partial charge in [0.05, 0.1) is 10.3 Å². The monoisotopic (exact) mass is 458 g/mol. The zero-order valence-corrected chi connectivity index (χ0v) is 17.2. The first kappa shape index (κ1) is 25.6. The molecule has 0 saturated heterocycles. The Morgan fingerprint density at radius 1 is 0.714 bits per heavy atom. The van der Waals surface area contributed by atoms with Crippen LogP contribution in [0.2, 0.25) is 0 Å². The van der Waals surface area contributed by atoms with E-state index in [4.69, 9.17) is 19.9 Å². The van der Waals surface area contributed by atoms with E-state index in [0.717, 1.165) is 0 Å². The molecule has 0 fully saturated rings. The zero-order chi connectivity index (χ0) is 21.8. The van der Waals surface area contributed by atoms with Crippen LogP contribution in [0, 0.1) is 10.8 Å². The van der Waals surface area contributed by atoms with Gasteiger partial charge < -0.3 is 0 Å². The lowest BCUT2D eigenvalue weighted by Gasteiger charge is -2.04. The SMILES string of the molecule is N=C=S.N=C=S.O=S(=O)(O)c1ccccc1C=Cc1ccccc1S(=O)(=O)O. The van der Waals surface area contributed by atoms with Crippen LogP contribution in [0.3, 0.4) is 0 Å². The molecule has 0 amide bonds. The molecule has 8 nitrogen and oxygen atoms in total. The van der Waals surface area contributed by atoms with Crippen LogP contribution in [0.25, 0.3) is 12.2 Å². The minimum absolute atomic E-state index is 0.190. The molecule has 0 aliphatic carbocycles. The Hall–Kier alpha value is -2.40. The summed E-state index contributed by atoms with van der Waals surface area (Å²) >= 11 is 7.62. The number of hydrogen-bond donors (Lipinski definition) is 4. The van der Waals surface area contributed by atoms with Crippen LogP contribution in [-0.2, 0) is 20.2 Å². The van der Waals surface area contributed by atoms with Crippen LogP contribution in [0.5, 0.6) is 0 Å². The van der Waals surface area contributed by atoms with Crippen molar-refractivity contribution < 1.29 is 25.9 Å². The lowest BCUT2D eigenvalue weighted by atomic mass is 10.1. The fourth-order valence-electron chi connectivity index (χ4n) is 1.89. The molecule has 2 rings (SSSR count). The van der Waals surface area contributed by atoms with E-state index >= 15 is 0 Å². The maximum Gasteiger partial charge on any atom is 0.295 e. The van der Waals surface area contributed by atoms with E-state index in [-0.39, 0.29) is 20.9 Å². The molecule has 0 atom stereocenters. The molecule has 148 valence electrons. The molecular formula is C16H14N2O6S4. The summed E-state index contributed by atoms with van der Waals surface area (Å²) in [5.74, 6) is 0. The molecule has 0 saturated carbocycles. The predicted molar refractivity (Wildman–Crippen MR) is 112 cm³/mol. The van der Waals surface area contributed by atoms with Gasteiger partial charge in [-0.3, -0.25) is 9.11 Å². The summed E-state index contributed by atoms with van der Waals surface area (Å²) in [6, 6.07) is 11.4. The second-order valence-electron chi connectivity index (χ2n) is 4.56. The van der Waals surface area contributed by atoms with Gasteiger partial charge >= 0.3 is 0 Å². The highest BCUT2D eigenvalue weighted by molar-refractivity contribution is 7.86. The third-order valence-corrected chi connectivity index (χ3v) is 4.69. The molecule has 0 spiro atoms. The highest BCUT2D eigenvalue weighted by Crippen LogP contribution is 2.21. The molecule has 0 aromatic heterocycles. The Morgan fingerprint density at radius 3 is 1.21 bits per heavy atom. The first-order valence-corrected chi connectivity index (χ1v) is 10.6. The van der Waals surface area contributed by atoms with Gasteiger partial charge in [0, 0.05) is 0 Å². The van der Waals surface area contributed by atoms with E-state index in [2.05, 4.69) is 24.4 Å². The van der Waals surface area contributed by atoms with Gasteiger partial charge in [-0.05, 0) is 47.7 Å². The fourth-order valence-corrected chi connectivity index (χ4v) is 3.25. The molecule has 28 heavy (non-hydrogen) atoms. The molecule has 0 heterocycles. The van der Waals surface area contributed by atoms with Crippen molar-refractivity contribution in [2.75, 3.05) is 0 Å². The molecule has 0 aliphatic heterocycles. The third-order valence-electron chi connectivity index (χ3n) is 2.84. The summed E-state index contributed by atoms with van der Waals surface area (Å²) in [6.45, 7) is 0. The van der Waals surface area contributed by atoms with Gasteiger partial charge in [0.15, 0.2) is 0 Å². The van der Waals surface area contributed by atoms with Gasteiger partial charge in [0.1, 0.15) is 9.79 Å². The minimum atomic E-state index is -4.40. The van der Waals surface area contributed by atoms with E-state index in [9.17, 15) is 16.8 Å². The maximum absolute atomic E-state index is 11.3. The Bertz CT molecular complexity index is 1020. The summed E-state index contributed by atoms with van der Waals surface area (Å²) in [5, 5.41) is 14.7. The lowest BCUT2D eigenvalue weighted by molar-refractivity contribution is 0.480. The van der Waals surface area contributed by atoms with E-state index < -0.39 is 20.2 Å². The van der Waals surface area contributed by atoms with Crippen LogP contribution in [0.4, 0.5) is 0 Å². The van der Waals surface area contributed by atoms with Gasteiger partial charge in [-0.25, -0.2) is 10.8 Å². The Morgan fingerprint density at radius 2 is 0.964 bits per heavy atom. The van der Waals surface area contributed by atoms with Gasteiger partial charge in [-0.2, -0.15) is 16.8 Å². The van der Waals surface area contributed by atoms with E-state index in [0.29, 0.717) is 0 Å². The van der Waals surface area contributed by atoms with Crippen molar-refractivity contribution in [3.8, 4) is 0 Å². The highest BCUT2D eigenvalue weighted by Gasteiger charge is 2.14. The van der Waals surface area contributed by atoms with Crippen LogP contribution in [-0.4, -0.2) is 36.3 Å². The molecule has 12 heteroatoms. The number of isothiocyanates is 2. The summed E-state index contributed by atoms with van der Waals surface area (Å²) in [7, 11) is -8.79. The van der Waals surface area contributed by atoms with Crippen molar-refractivity contribution in [1.82, 2.24) is 0 Å². The smallest absolute Gasteiger partial charge is 0.282 e. The van der Waals surface area contributed by atoms with Crippen LogP contribution >= 0.6 is 24.4 Å². The molecule has 0 radical (unpaired) electrons. The molecule has 0 bridgehead atoms. The molecular weight excluding hydrogens is 444 g/mol. The standard InChI is InChI=1S/C14H12O6S2.2CHNS/c15-21(16,17)13-7-3-1-5-11(13)9-10-12-6-2-4-8-14(12)22(18,19)20;2*2-1-3/h1-10H,(H,15,16,17)(H,18,19,20);2*2H. The predicted octanol–water partition coefficient (Wildman–Crippen LogP) is 3.69. The molecule has 4 N–H and O–H groups in total. The van der Waals surface area contributed by atoms with E-state index in [1.54, 1.807) is 22.5 Å². The Kier molecular flexibility index (Phi) is 11.1. The fraction of sp³-hybridized carbons (Fsp3) is 0. The zero-order valence-electron chi connectivity index (χ0n) is 13.9. The maximum atomic E-state index is 11.3. The average Bonchev–Trinajstić information content (AvgIpc) is 2.60. The second kappa shape index (κ2) is 12.1. The molecule has 2 aromatic carbocycles. The Labute approximate surface area is 173 Å². The van der Waals surface area contributed by atoms with E-state index in [1.165, 1.54) is 48.6 Å². The summed E-state index contributed by atoms with van der Waals surface area (Å²) < 4.78 is 63.4. The van der Waals surface area contributed by atoms with Crippen molar-refractivity contribution in [3.63, 3.8) is 0 Å². The number of thiocarbonyl (C=S) groups is 2. The number of rotatable bonds is 4. The lowest BCUT2D eigenvalue weighted by Crippen LogP contribution is -2.01. The molecule has 2 aromatic rings. The van der Waals surface area contributed by atoms with Crippen LogP contribution < -0.4 is 0 Å². The minimum Gasteiger partial charge on any atom is -0.282 e. The van der Waals surface area contributed by atoms with Crippen LogP contribution in [0.1, 0.15) is 11.1 Å².